The van der Waals surface area contributed by atoms with Gasteiger partial charge in [0.2, 0.25) is 0 Å². The highest BCUT2D eigenvalue weighted by Crippen LogP contribution is 2.19. The van der Waals surface area contributed by atoms with Crippen LogP contribution in [-0.4, -0.2) is 35.1 Å². The molecule has 0 unspecified atom stereocenters. The molecule has 0 atom stereocenters. The molecule has 0 radical (unpaired) electrons. The monoisotopic (exact) mass is 328 g/mol. The topological polar surface area (TPSA) is 61.4 Å². The van der Waals surface area contributed by atoms with E-state index < -0.39 is 0 Å². The normalized spacial score (nSPS) is 11.0. The average molecular weight is 328 g/mol. The van der Waals surface area contributed by atoms with E-state index in [2.05, 4.69) is 44.7 Å². The Labute approximate surface area is 140 Å². The summed E-state index contributed by atoms with van der Waals surface area (Å²) in [4.78, 5) is 13.3. The third kappa shape index (κ3) is 3.79. The summed E-state index contributed by atoms with van der Waals surface area (Å²) < 4.78 is 4.02. The number of hydrogen-bond acceptors (Lipinski definition) is 5. The lowest BCUT2D eigenvalue weighted by molar-refractivity contribution is 0.658. The molecule has 0 aliphatic heterocycles. The summed E-state index contributed by atoms with van der Waals surface area (Å²) in [5.41, 5.74) is 2.08. The summed E-state index contributed by atoms with van der Waals surface area (Å²) in [5, 5.41) is 5.13. The highest BCUT2D eigenvalue weighted by molar-refractivity contribution is 7.99. The molecule has 0 aliphatic carbocycles. The molecule has 7 heteroatoms. The summed E-state index contributed by atoms with van der Waals surface area (Å²) in [6, 6.07) is 0. The smallest absolute Gasteiger partial charge is 0.187 e. The molecule has 0 aliphatic rings. The number of rotatable bonds is 7. The van der Waals surface area contributed by atoms with E-state index in [0.717, 1.165) is 47.4 Å². The van der Waals surface area contributed by atoms with E-state index in [1.165, 1.54) is 0 Å². The molecule has 0 bridgehead atoms. The van der Waals surface area contributed by atoms with Crippen LogP contribution in [0, 0.1) is 0 Å². The minimum absolute atomic E-state index is 0.738. The zero-order valence-corrected chi connectivity index (χ0v) is 14.2. The van der Waals surface area contributed by atoms with Gasteiger partial charge in [-0.05, 0) is 13.3 Å². The minimum Gasteiger partial charge on any atom is -0.326 e. The highest BCUT2D eigenvalue weighted by atomic mass is 32.2. The summed E-state index contributed by atoms with van der Waals surface area (Å²) in [6.45, 7) is 5.84. The maximum atomic E-state index is 4.45. The van der Waals surface area contributed by atoms with E-state index in [1.54, 1.807) is 18.0 Å². The first-order chi connectivity index (χ1) is 11.3. The molecule has 0 N–H and O–H groups in total. The number of nitrogens with zero attached hydrogens (tertiary/aromatic N) is 6. The van der Waals surface area contributed by atoms with Gasteiger partial charge in [0.15, 0.2) is 5.16 Å². The molecule has 0 fully saturated rings. The first-order valence-electron chi connectivity index (χ1n) is 7.77. The maximum Gasteiger partial charge on any atom is 0.187 e. The molecule has 120 valence electrons. The molecular formula is C16H20N6S. The molecule has 3 heterocycles. The van der Waals surface area contributed by atoms with Crippen molar-refractivity contribution in [2.75, 3.05) is 5.75 Å². The fraction of sp³-hybridized carbons (Fsp3) is 0.375. The van der Waals surface area contributed by atoms with Crippen LogP contribution in [0.1, 0.15) is 25.8 Å². The standard InChI is InChI=1S/C16H20N6S/c1-3-7-23-16-18-9-14(10-19-16)15-17-5-6-21(15)11-13-8-20-22(4-2)12-13/h5-6,8-10,12H,3-4,7,11H2,1-2H3. The molecule has 0 amide bonds. The van der Waals surface area contributed by atoms with Crippen LogP contribution >= 0.6 is 11.8 Å². The van der Waals surface area contributed by atoms with E-state index in [9.17, 15) is 0 Å². The van der Waals surface area contributed by atoms with Crippen molar-refractivity contribution < 1.29 is 0 Å². The Morgan fingerprint density at radius 3 is 2.61 bits per heavy atom. The van der Waals surface area contributed by atoms with E-state index in [-0.39, 0.29) is 0 Å². The first kappa shape index (κ1) is 15.7. The zero-order valence-electron chi connectivity index (χ0n) is 13.4. The van der Waals surface area contributed by atoms with Gasteiger partial charge in [-0.25, -0.2) is 15.0 Å². The SMILES string of the molecule is CCCSc1ncc(-c2nccn2Cc2cnn(CC)c2)cn1. The van der Waals surface area contributed by atoms with Gasteiger partial charge in [0, 0.05) is 48.8 Å². The van der Waals surface area contributed by atoms with Crippen LogP contribution in [0.5, 0.6) is 0 Å². The predicted molar refractivity (Wildman–Crippen MR) is 91.3 cm³/mol. The molecule has 3 aromatic heterocycles. The number of aromatic nitrogens is 6. The Morgan fingerprint density at radius 2 is 1.91 bits per heavy atom. The van der Waals surface area contributed by atoms with Gasteiger partial charge >= 0.3 is 0 Å². The van der Waals surface area contributed by atoms with Gasteiger partial charge in [0.25, 0.3) is 0 Å². The molecule has 23 heavy (non-hydrogen) atoms. The molecule has 3 rings (SSSR count). The Bertz CT molecular complexity index is 746. The van der Waals surface area contributed by atoms with Crippen LogP contribution in [0.2, 0.25) is 0 Å². The lowest BCUT2D eigenvalue weighted by Crippen LogP contribution is -2.01. The number of aryl methyl sites for hydroxylation is 1. The van der Waals surface area contributed by atoms with Crippen molar-refractivity contribution in [1.29, 1.82) is 0 Å². The van der Waals surface area contributed by atoms with Gasteiger partial charge in [-0.3, -0.25) is 4.68 Å². The second-order valence-electron chi connectivity index (χ2n) is 5.19. The van der Waals surface area contributed by atoms with Crippen molar-refractivity contribution in [2.45, 2.75) is 38.5 Å². The molecular weight excluding hydrogens is 308 g/mol. The van der Waals surface area contributed by atoms with Crippen LogP contribution in [0.3, 0.4) is 0 Å². The molecule has 0 aromatic carbocycles. The lowest BCUT2D eigenvalue weighted by Gasteiger charge is -2.06. The fourth-order valence-electron chi connectivity index (χ4n) is 2.25. The van der Waals surface area contributed by atoms with Crippen LogP contribution in [0.25, 0.3) is 11.4 Å². The Kier molecular flexibility index (Phi) is 5.07. The van der Waals surface area contributed by atoms with Crippen molar-refractivity contribution in [1.82, 2.24) is 29.3 Å². The summed E-state index contributed by atoms with van der Waals surface area (Å²) in [6.07, 6.45) is 12.5. The summed E-state index contributed by atoms with van der Waals surface area (Å²) in [5.74, 6) is 1.91. The van der Waals surface area contributed by atoms with E-state index in [0.29, 0.717) is 0 Å². The minimum atomic E-state index is 0.738. The van der Waals surface area contributed by atoms with Gasteiger partial charge in [0.1, 0.15) is 5.82 Å². The quantitative estimate of drug-likeness (QED) is 0.492. The van der Waals surface area contributed by atoms with Crippen LogP contribution in [0.15, 0.2) is 42.3 Å². The lowest BCUT2D eigenvalue weighted by atomic mass is 10.3. The average Bonchev–Trinajstić information content (AvgIpc) is 3.23. The number of imidazole rings is 1. The Balaban J connectivity index is 1.77. The second kappa shape index (κ2) is 7.41. The van der Waals surface area contributed by atoms with Gasteiger partial charge in [-0.15, -0.1) is 0 Å². The molecule has 3 aromatic rings. The zero-order chi connectivity index (χ0) is 16.1. The van der Waals surface area contributed by atoms with Gasteiger partial charge in [-0.1, -0.05) is 18.7 Å². The van der Waals surface area contributed by atoms with Crippen LogP contribution in [0.4, 0.5) is 0 Å². The maximum absolute atomic E-state index is 4.45. The van der Waals surface area contributed by atoms with E-state index in [4.69, 9.17) is 0 Å². The van der Waals surface area contributed by atoms with Crippen molar-refractivity contribution in [2.24, 2.45) is 0 Å². The summed E-state index contributed by atoms with van der Waals surface area (Å²) in [7, 11) is 0. The third-order valence-corrected chi connectivity index (χ3v) is 4.48. The molecule has 6 nitrogen and oxygen atoms in total. The van der Waals surface area contributed by atoms with Crippen LogP contribution in [-0.2, 0) is 13.1 Å². The largest absolute Gasteiger partial charge is 0.326 e. The second-order valence-corrected chi connectivity index (χ2v) is 6.25. The summed E-state index contributed by atoms with van der Waals surface area (Å²) >= 11 is 1.68. The first-order valence-corrected chi connectivity index (χ1v) is 8.76. The predicted octanol–water partition coefficient (Wildman–Crippen LogP) is 3.11. The Morgan fingerprint density at radius 1 is 1.09 bits per heavy atom. The fourth-order valence-corrected chi connectivity index (χ4v) is 2.90. The van der Waals surface area contributed by atoms with Crippen molar-refractivity contribution >= 4 is 11.8 Å². The van der Waals surface area contributed by atoms with Gasteiger partial charge in [-0.2, -0.15) is 5.10 Å². The molecule has 0 saturated carbocycles. The molecule has 0 spiro atoms. The third-order valence-electron chi connectivity index (χ3n) is 3.40. The van der Waals surface area contributed by atoms with E-state index >= 15 is 0 Å². The molecule has 0 saturated heterocycles. The van der Waals surface area contributed by atoms with Gasteiger partial charge < -0.3 is 4.57 Å². The van der Waals surface area contributed by atoms with Crippen molar-refractivity contribution in [3.63, 3.8) is 0 Å². The van der Waals surface area contributed by atoms with Gasteiger partial charge in [0.05, 0.1) is 18.3 Å². The number of hydrogen-bond donors (Lipinski definition) is 0. The highest BCUT2D eigenvalue weighted by Gasteiger charge is 2.09. The van der Waals surface area contributed by atoms with E-state index in [1.807, 2.05) is 29.5 Å². The van der Waals surface area contributed by atoms with Crippen LogP contribution < -0.4 is 0 Å². The van der Waals surface area contributed by atoms with Crippen molar-refractivity contribution in [3.05, 3.63) is 42.7 Å². The number of thioether (sulfide) groups is 1. The van der Waals surface area contributed by atoms with Crippen molar-refractivity contribution in [3.8, 4) is 11.4 Å². The Hall–Kier alpha value is -2.15.